The van der Waals surface area contributed by atoms with Crippen molar-refractivity contribution in [2.24, 2.45) is 41.4 Å². The van der Waals surface area contributed by atoms with Gasteiger partial charge in [-0.1, -0.05) is 0 Å². The summed E-state index contributed by atoms with van der Waals surface area (Å²) in [4.78, 5) is 0. The summed E-state index contributed by atoms with van der Waals surface area (Å²) in [5.74, 6) is 1.22. The van der Waals surface area contributed by atoms with E-state index in [4.69, 9.17) is 0 Å². The SMILES string of the molecule is FC(F)=C(C1CC2CC1C1C3CCC(C3)C21)C(F)(F)F. The minimum Gasteiger partial charge on any atom is -0.173 e. The molecule has 0 N–H and O–H groups in total. The number of hydrogen-bond donors (Lipinski definition) is 0. The van der Waals surface area contributed by atoms with Crippen molar-refractivity contribution in [1.29, 1.82) is 0 Å². The van der Waals surface area contributed by atoms with Crippen LogP contribution in [-0.2, 0) is 0 Å². The molecule has 4 bridgehead atoms. The Hall–Kier alpha value is -0.610. The van der Waals surface area contributed by atoms with Crippen LogP contribution in [0.2, 0.25) is 0 Å². The fourth-order valence-electron chi connectivity index (χ4n) is 6.35. The molecule has 0 amide bonds. The van der Waals surface area contributed by atoms with Gasteiger partial charge < -0.3 is 0 Å². The third kappa shape index (κ3) is 1.58. The fraction of sp³-hybridized carbons (Fsp3) is 0.867. The zero-order chi connectivity index (χ0) is 14.2. The van der Waals surface area contributed by atoms with Gasteiger partial charge in [-0.05, 0) is 73.5 Å². The number of rotatable bonds is 1. The number of alkyl halides is 3. The first-order chi connectivity index (χ1) is 9.38. The van der Waals surface area contributed by atoms with Gasteiger partial charge in [0.05, 0.1) is 0 Å². The van der Waals surface area contributed by atoms with Crippen molar-refractivity contribution in [1.82, 2.24) is 0 Å². The Balaban J connectivity index is 1.66. The van der Waals surface area contributed by atoms with Crippen LogP contribution in [0.3, 0.4) is 0 Å². The molecular weight excluding hydrogens is 275 g/mol. The van der Waals surface area contributed by atoms with Crippen molar-refractivity contribution < 1.29 is 22.0 Å². The lowest BCUT2D eigenvalue weighted by molar-refractivity contribution is -0.108. The first-order valence-corrected chi connectivity index (χ1v) is 7.50. The summed E-state index contributed by atoms with van der Waals surface area (Å²) in [7, 11) is 0. The average molecular weight is 292 g/mol. The first kappa shape index (κ1) is 13.1. The van der Waals surface area contributed by atoms with Crippen LogP contribution in [0.25, 0.3) is 0 Å². The molecule has 4 aliphatic rings. The van der Waals surface area contributed by atoms with E-state index >= 15 is 0 Å². The lowest BCUT2D eigenvalue weighted by Crippen LogP contribution is -2.36. The summed E-state index contributed by atoms with van der Waals surface area (Å²) < 4.78 is 64.5. The van der Waals surface area contributed by atoms with Gasteiger partial charge in [0.15, 0.2) is 0 Å². The van der Waals surface area contributed by atoms with Crippen molar-refractivity contribution in [3.63, 3.8) is 0 Å². The number of hydrogen-bond acceptors (Lipinski definition) is 0. The number of allylic oxidation sites excluding steroid dienone is 1. The van der Waals surface area contributed by atoms with Crippen molar-refractivity contribution in [3.8, 4) is 0 Å². The molecule has 0 radical (unpaired) electrons. The maximum atomic E-state index is 12.9. The molecule has 4 aliphatic carbocycles. The molecule has 20 heavy (non-hydrogen) atoms. The highest BCUT2D eigenvalue weighted by Gasteiger charge is 2.64. The molecule has 0 saturated heterocycles. The van der Waals surface area contributed by atoms with E-state index in [1.165, 1.54) is 6.42 Å². The highest BCUT2D eigenvalue weighted by molar-refractivity contribution is 5.23. The van der Waals surface area contributed by atoms with Gasteiger partial charge in [0.25, 0.3) is 6.08 Å². The molecule has 0 aromatic rings. The second kappa shape index (κ2) is 3.98. The molecule has 5 heteroatoms. The molecule has 0 spiro atoms. The molecule has 0 heterocycles. The molecular formula is C15H17F5. The number of fused-ring (bicyclic) bond motifs is 9. The molecule has 0 aliphatic heterocycles. The van der Waals surface area contributed by atoms with Crippen LogP contribution >= 0.6 is 0 Å². The maximum Gasteiger partial charge on any atom is 0.418 e. The van der Waals surface area contributed by atoms with E-state index in [1.807, 2.05) is 0 Å². The Kier molecular flexibility index (Phi) is 2.60. The van der Waals surface area contributed by atoms with E-state index in [0.717, 1.165) is 19.3 Å². The van der Waals surface area contributed by atoms with E-state index in [0.29, 0.717) is 30.1 Å². The fourth-order valence-corrected chi connectivity index (χ4v) is 6.35. The third-order valence-corrected chi connectivity index (χ3v) is 6.61. The van der Waals surface area contributed by atoms with Crippen LogP contribution in [0, 0.1) is 41.4 Å². The summed E-state index contributed by atoms with van der Waals surface area (Å²) in [5.41, 5.74) is -1.51. The summed E-state index contributed by atoms with van der Waals surface area (Å²) in [6.07, 6.45) is -2.85. The van der Waals surface area contributed by atoms with Crippen molar-refractivity contribution in [2.75, 3.05) is 0 Å². The molecule has 0 nitrogen and oxygen atoms in total. The average Bonchev–Trinajstić information content (AvgIpc) is 3.04. The Morgan fingerprint density at radius 3 is 2.05 bits per heavy atom. The van der Waals surface area contributed by atoms with Crippen molar-refractivity contribution in [3.05, 3.63) is 11.7 Å². The normalized spacial score (nSPS) is 48.8. The standard InChI is InChI=1S/C15H17F5/c16-14(17)13(15(18,19)20)10-5-8-4-9(10)12-7-2-1-6(3-7)11(8)12/h6-12H,1-5H2. The monoisotopic (exact) mass is 292 g/mol. The van der Waals surface area contributed by atoms with E-state index in [-0.39, 0.29) is 11.8 Å². The minimum atomic E-state index is -4.87. The van der Waals surface area contributed by atoms with Crippen LogP contribution in [0.5, 0.6) is 0 Å². The summed E-state index contributed by atoms with van der Waals surface area (Å²) >= 11 is 0. The van der Waals surface area contributed by atoms with Gasteiger partial charge in [-0.25, -0.2) is 0 Å². The van der Waals surface area contributed by atoms with Crippen molar-refractivity contribution in [2.45, 2.75) is 38.3 Å². The summed E-state index contributed by atoms with van der Waals surface area (Å²) in [6.45, 7) is 0. The molecule has 7 unspecified atom stereocenters. The van der Waals surface area contributed by atoms with E-state index < -0.39 is 23.7 Å². The molecule has 112 valence electrons. The van der Waals surface area contributed by atoms with Gasteiger partial charge in [0.2, 0.25) is 0 Å². The lowest BCUT2D eigenvalue weighted by Gasteiger charge is -2.39. The van der Waals surface area contributed by atoms with Gasteiger partial charge in [-0.15, -0.1) is 0 Å². The van der Waals surface area contributed by atoms with Crippen LogP contribution < -0.4 is 0 Å². The zero-order valence-electron chi connectivity index (χ0n) is 11.0. The van der Waals surface area contributed by atoms with Crippen LogP contribution in [0.15, 0.2) is 11.7 Å². The van der Waals surface area contributed by atoms with Crippen LogP contribution in [0.4, 0.5) is 22.0 Å². The molecule has 0 aromatic carbocycles. The molecule has 7 atom stereocenters. The first-order valence-electron chi connectivity index (χ1n) is 7.50. The van der Waals surface area contributed by atoms with E-state index in [9.17, 15) is 22.0 Å². The van der Waals surface area contributed by atoms with Gasteiger partial charge in [0, 0.05) is 0 Å². The Labute approximate surface area is 114 Å². The molecule has 0 aromatic heterocycles. The Morgan fingerprint density at radius 1 is 0.800 bits per heavy atom. The lowest BCUT2D eigenvalue weighted by atomic mass is 9.66. The van der Waals surface area contributed by atoms with Gasteiger partial charge in [0.1, 0.15) is 5.57 Å². The van der Waals surface area contributed by atoms with E-state index in [2.05, 4.69) is 0 Å². The third-order valence-electron chi connectivity index (χ3n) is 6.61. The second-order valence-corrected chi connectivity index (χ2v) is 7.16. The maximum absolute atomic E-state index is 12.9. The molecule has 4 rings (SSSR count). The minimum absolute atomic E-state index is 0.140. The predicted octanol–water partition coefficient (Wildman–Crippen LogP) is 5.02. The second-order valence-electron chi connectivity index (χ2n) is 7.16. The highest BCUT2D eigenvalue weighted by atomic mass is 19.4. The quantitative estimate of drug-likeness (QED) is 0.470. The van der Waals surface area contributed by atoms with Gasteiger partial charge in [-0.3, -0.25) is 0 Å². The zero-order valence-corrected chi connectivity index (χ0v) is 11.0. The largest absolute Gasteiger partial charge is 0.418 e. The highest BCUT2D eigenvalue weighted by Crippen LogP contribution is 2.70. The summed E-state index contributed by atoms with van der Waals surface area (Å²) in [5, 5.41) is 0. The predicted molar refractivity (Wildman–Crippen MR) is 62.8 cm³/mol. The number of halogens is 5. The van der Waals surface area contributed by atoms with Crippen LogP contribution in [-0.4, -0.2) is 6.18 Å². The Morgan fingerprint density at radius 2 is 1.45 bits per heavy atom. The molecule has 4 saturated carbocycles. The van der Waals surface area contributed by atoms with Crippen LogP contribution in [0.1, 0.15) is 32.1 Å². The smallest absolute Gasteiger partial charge is 0.173 e. The van der Waals surface area contributed by atoms with Gasteiger partial charge >= 0.3 is 6.18 Å². The molecule has 4 fully saturated rings. The Bertz CT molecular complexity index is 461. The summed E-state index contributed by atoms with van der Waals surface area (Å²) in [6, 6.07) is 0. The van der Waals surface area contributed by atoms with Gasteiger partial charge in [-0.2, -0.15) is 22.0 Å². The topological polar surface area (TPSA) is 0 Å². The van der Waals surface area contributed by atoms with Crippen molar-refractivity contribution >= 4 is 0 Å². The van der Waals surface area contributed by atoms with E-state index in [1.54, 1.807) is 0 Å².